The highest BCUT2D eigenvalue weighted by Gasteiger charge is 2.30. The highest BCUT2D eigenvalue weighted by atomic mass is 16.4. The fraction of sp³-hybridized carbons (Fsp3) is 0.429. The average molecular weight is 156 g/mol. The van der Waals surface area contributed by atoms with Crippen molar-refractivity contribution in [3.8, 4) is 12.3 Å². The van der Waals surface area contributed by atoms with Crippen LogP contribution in [0.3, 0.4) is 0 Å². The zero-order chi connectivity index (χ0) is 9.02. The third-order valence-corrected chi connectivity index (χ3v) is 1.29. The Morgan fingerprint density at radius 2 is 1.73 bits per heavy atom. The molecule has 0 fully saturated rings. The van der Waals surface area contributed by atoms with Crippen molar-refractivity contribution >= 4 is 11.9 Å². The van der Waals surface area contributed by atoms with Crippen LogP contribution in [0.4, 0.5) is 0 Å². The van der Waals surface area contributed by atoms with Gasteiger partial charge in [-0.05, 0) is 6.92 Å². The first kappa shape index (κ1) is 9.50. The first-order valence-electron chi connectivity index (χ1n) is 2.92. The van der Waals surface area contributed by atoms with Gasteiger partial charge < -0.3 is 10.2 Å². The van der Waals surface area contributed by atoms with E-state index in [9.17, 15) is 9.59 Å². The quantitative estimate of drug-likeness (QED) is 0.447. The summed E-state index contributed by atoms with van der Waals surface area (Å²) in [6.45, 7) is 1.38. The number of carbonyl (C=O) groups is 2. The van der Waals surface area contributed by atoms with Crippen molar-refractivity contribution in [2.45, 2.75) is 6.92 Å². The molecule has 0 aromatic rings. The summed E-state index contributed by atoms with van der Waals surface area (Å²) in [7, 11) is 0. The van der Waals surface area contributed by atoms with Crippen LogP contribution in [0.15, 0.2) is 0 Å². The molecule has 0 aromatic carbocycles. The van der Waals surface area contributed by atoms with Crippen LogP contribution in [0.2, 0.25) is 0 Å². The molecule has 0 saturated carbocycles. The van der Waals surface area contributed by atoms with Crippen LogP contribution in [0.1, 0.15) is 6.92 Å². The van der Waals surface area contributed by atoms with Gasteiger partial charge in [-0.15, -0.1) is 12.3 Å². The molecule has 4 heteroatoms. The van der Waals surface area contributed by atoms with Gasteiger partial charge in [-0.3, -0.25) is 9.59 Å². The van der Waals surface area contributed by atoms with Crippen LogP contribution in [-0.2, 0) is 9.59 Å². The van der Waals surface area contributed by atoms with Crippen molar-refractivity contribution in [3.63, 3.8) is 0 Å². The normalized spacial score (nSPS) is 12.1. The molecule has 0 radical (unpaired) electrons. The summed E-state index contributed by atoms with van der Waals surface area (Å²) < 4.78 is 0. The van der Waals surface area contributed by atoms with Crippen LogP contribution in [0.5, 0.6) is 0 Å². The Kier molecular flexibility index (Phi) is 3.12. The summed E-state index contributed by atoms with van der Waals surface area (Å²) in [5.74, 6) is -3.02. The molecule has 11 heavy (non-hydrogen) atoms. The molecule has 0 aliphatic rings. The summed E-state index contributed by atoms with van der Waals surface area (Å²) in [6, 6.07) is 0. The molecular weight excluding hydrogens is 148 g/mol. The maximum Gasteiger partial charge on any atom is 0.319 e. The zero-order valence-corrected chi connectivity index (χ0v) is 5.94. The first-order chi connectivity index (χ1) is 5.00. The van der Waals surface area contributed by atoms with Crippen molar-refractivity contribution in [1.82, 2.24) is 0 Å². The van der Waals surface area contributed by atoms with Crippen LogP contribution in [-0.4, -0.2) is 22.2 Å². The fourth-order valence-electron chi connectivity index (χ4n) is 0.630. The van der Waals surface area contributed by atoms with E-state index in [1.54, 1.807) is 0 Å². The number of carboxylic acid groups (broad SMARTS) is 2. The third-order valence-electron chi connectivity index (χ3n) is 1.29. The molecule has 0 bridgehead atoms. The minimum absolute atomic E-state index is 0.787. The van der Waals surface area contributed by atoms with Crippen molar-refractivity contribution in [2.24, 2.45) is 11.8 Å². The van der Waals surface area contributed by atoms with Crippen molar-refractivity contribution in [2.75, 3.05) is 0 Å². The second kappa shape index (κ2) is 3.62. The number of aliphatic carboxylic acids is 2. The monoisotopic (exact) mass is 156 g/mol. The number of terminal acetylenes is 1. The van der Waals surface area contributed by atoms with Crippen molar-refractivity contribution in [3.05, 3.63) is 0 Å². The minimum Gasteiger partial charge on any atom is -0.481 e. The molecule has 0 heterocycles. The lowest BCUT2D eigenvalue weighted by Crippen LogP contribution is -2.28. The van der Waals surface area contributed by atoms with Crippen LogP contribution < -0.4 is 0 Å². The molecule has 1 atom stereocenters. The van der Waals surface area contributed by atoms with Crippen molar-refractivity contribution in [1.29, 1.82) is 0 Å². The molecule has 0 spiro atoms. The SMILES string of the molecule is C#CC(C)C(C(=O)O)C(=O)O. The standard InChI is InChI=1S/C7H8O4/c1-3-4(2)5(6(8)9)7(10)11/h1,4-5H,2H3,(H,8,9)(H,10,11). The van der Waals surface area contributed by atoms with Gasteiger partial charge in [0.25, 0.3) is 0 Å². The number of hydrogen-bond donors (Lipinski definition) is 2. The number of hydrogen-bond acceptors (Lipinski definition) is 2. The predicted molar refractivity (Wildman–Crippen MR) is 36.8 cm³/mol. The summed E-state index contributed by atoms with van der Waals surface area (Å²) in [4.78, 5) is 20.5. The lowest BCUT2D eigenvalue weighted by molar-refractivity contribution is -0.155. The Labute approximate surface area is 63.8 Å². The first-order valence-corrected chi connectivity index (χ1v) is 2.92. The summed E-state index contributed by atoms with van der Waals surface area (Å²) in [6.07, 6.45) is 4.87. The van der Waals surface area contributed by atoms with E-state index in [0.29, 0.717) is 0 Å². The van der Waals surface area contributed by atoms with Crippen LogP contribution in [0.25, 0.3) is 0 Å². The van der Waals surface area contributed by atoms with E-state index < -0.39 is 23.8 Å². The topological polar surface area (TPSA) is 74.6 Å². The molecule has 2 N–H and O–H groups in total. The molecular formula is C7H8O4. The van der Waals surface area contributed by atoms with Gasteiger partial charge in [0.2, 0.25) is 0 Å². The summed E-state index contributed by atoms with van der Waals surface area (Å²) in [5, 5.41) is 16.7. The van der Waals surface area contributed by atoms with E-state index >= 15 is 0 Å². The zero-order valence-electron chi connectivity index (χ0n) is 5.94. The molecule has 60 valence electrons. The largest absolute Gasteiger partial charge is 0.481 e. The van der Waals surface area contributed by atoms with Gasteiger partial charge in [0, 0.05) is 5.92 Å². The van der Waals surface area contributed by atoms with E-state index in [2.05, 4.69) is 5.92 Å². The minimum atomic E-state index is -1.50. The second-order valence-electron chi connectivity index (χ2n) is 2.11. The summed E-state index contributed by atoms with van der Waals surface area (Å²) >= 11 is 0. The van der Waals surface area contributed by atoms with Gasteiger partial charge in [-0.2, -0.15) is 0 Å². The maximum absolute atomic E-state index is 10.3. The van der Waals surface area contributed by atoms with Gasteiger partial charge in [0.15, 0.2) is 5.92 Å². The van der Waals surface area contributed by atoms with Gasteiger partial charge >= 0.3 is 11.9 Å². The molecule has 0 rings (SSSR count). The van der Waals surface area contributed by atoms with E-state index in [1.807, 2.05) is 0 Å². The van der Waals surface area contributed by atoms with Gasteiger partial charge in [-0.25, -0.2) is 0 Å². The maximum atomic E-state index is 10.3. The Morgan fingerprint density at radius 3 is 1.82 bits per heavy atom. The van der Waals surface area contributed by atoms with E-state index in [4.69, 9.17) is 16.6 Å². The number of carboxylic acids is 2. The molecule has 0 aliphatic carbocycles. The highest BCUT2D eigenvalue weighted by molar-refractivity contribution is 5.93. The van der Waals surface area contributed by atoms with Crippen molar-refractivity contribution < 1.29 is 19.8 Å². The molecule has 4 nitrogen and oxygen atoms in total. The lowest BCUT2D eigenvalue weighted by atomic mass is 9.95. The predicted octanol–water partition coefficient (Wildman–Crippen LogP) is 0.0411. The third kappa shape index (κ3) is 2.30. The van der Waals surface area contributed by atoms with E-state index in [0.717, 1.165) is 0 Å². The molecule has 0 aromatic heterocycles. The summed E-state index contributed by atoms with van der Waals surface area (Å²) in [5.41, 5.74) is 0. The van der Waals surface area contributed by atoms with Crippen LogP contribution in [0, 0.1) is 24.2 Å². The molecule has 1 unspecified atom stereocenters. The Balaban J connectivity index is 4.50. The lowest BCUT2D eigenvalue weighted by Gasteiger charge is -2.08. The smallest absolute Gasteiger partial charge is 0.319 e. The fourth-order valence-corrected chi connectivity index (χ4v) is 0.630. The highest BCUT2D eigenvalue weighted by Crippen LogP contribution is 2.10. The van der Waals surface area contributed by atoms with Gasteiger partial charge in [-0.1, -0.05) is 0 Å². The van der Waals surface area contributed by atoms with Crippen LogP contribution >= 0.6 is 0 Å². The Morgan fingerprint density at radius 1 is 1.36 bits per heavy atom. The molecule has 0 saturated heterocycles. The van der Waals surface area contributed by atoms with E-state index in [-0.39, 0.29) is 0 Å². The van der Waals surface area contributed by atoms with Gasteiger partial charge in [0.1, 0.15) is 0 Å². The molecule has 0 aliphatic heterocycles. The molecule has 0 amide bonds. The number of rotatable bonds is 3. The van der Waals surface area contributed by atoms with E-state index in [1.165, 1.54) is 6.92 Å². The average Bonchev–Trinajstić information content (AvgIpc) is 1.85. The van der Waals surface area contributed by atoms with Gasteiger partial charge in [0.05, 0.1) is 0 Å². The Hall–Kier alpha value is -1.50. The Bertz CT molecular complexity index is 199. The second-order valence-corrected chi connectivity index (χ2v) is 2.11.